The van der Waals surface area contributed by atoms with Crippen LogP contribution in [0.3, 0.4) is 0 Å². The second-order valence-electron chi connectivity index (χ2n) is 5.82. The van der Waals surface area contributed by atoms with Gasteiger partial charge in [-0.15, -0.1) is 0 Å². The molecule has 98 valence electrons. The molecule has 2 unspecified atom stereocenters. The van der Waals surface area contributed by atoms with Crippen molar-refractivity contribution in [2.45, 2.75) is 32.2 Å². The number of hydrogen-bond donors (Lipinski definition) is 1. The third kappa shape index (κ3) is 1.91. The van der Waals surface area contributed by atoms with Gasteiger partial charge in [-0.05, 0) is 43.7 Å². The van der Waals surface area contributed by atoms with Crippen LogP contribution in [0.4, 0.5) is 10.1 Å². The first-order valence-corrected chi connectivity index (χ1v) is 6.95. The smallest absolute Gasteiger partial charge is 0.130 e. The molecule has 2 aliphatic rings. The second kappa shape index (κ2) is 4.54. The van der Waals surface area contributed by atoms with Crippen molar-refractivity contribution >= 4 is 5.69 Å². The molecule has 0 spiro atoms. The highest BCUT2D eigenvalue weighted by atomic mass is 19.1. The Kier molecular flexibility index (Phi) is 3.02. The number of nitrogens with zero attached hydrogens (tertiary/aromatic N) is 1. The van der Waals surface area contributed by atoms with E-state index in [0.29, 0.717) is 5.56 Å². The van der Waals surface area contributed by atoms with E-state index in [0.717, 1.165) is 30.6 Å². The number of fused-ring (bicyclic) bond motifs is 1. The quantitative estimate of drug-likeness (QED) is 0.871. The van der Waals surface area contributed by atoms with Crippen LogP contribution in [0.1, 0.15) is 37.8 Å². The molecule has 3 heteroatoms. The summed E-state index contributed by atoms with van der Waals surface area (Å²) in [6.45, 7) is 4.01. The topological polar surface area (TPSA) is 29.3 Å². The van der Waals surface area contributed by atoms with E-state index in [-0.39, 0.29) is 11.9 Å². The van der Waals surface area contributed by atoms with Gasteiger partial charge in [0.05, 0.1) is 0 Å². The van der Waals surface area contributed by atoms with Crippen LogP contribution in [0.5, 0.6) is 0 Å². The lowest BCUT2D eigenvalue weighted by molar-refractivity contribution is 0.494. The maximum absolute atomic E-state index is 13.9. The Morgan fingerprint density at radius 1 is 1.28 bits per heavy atom. The molecule has 18 heavy (non-hydrogen) atoms. The molecule has 0 radical (unpaired) electrons. The molecular weight excluding hydrogens is 227 g/mol. The van der Waals surface area contributed by atoms with Gasteiger partial charge in [-0.2, -0.15) is 0 Å². The Hall–Kier alpha value is -1.09. The zero-order valence-electron chi connectivity index (χ0n) is 10.9. The van der Waals surface area contributed by atoms with Gasteiger partial charge in [-0.1, -0.05) is 12.5 Å². The van der Waals surface area contributed by atoms with Crippen molar-refractivity contribution in [1.29, 1.82) is 0 Å². The molecule has 2 fully saturated rings. The van der Waals surface area contributed by atoms with Gasteiger partial charge < -0.3 is 10.6 Å². The maximum Gasteiger partial charge on any atom is 0.130 e. The molecule has 0 amide bonds. The van der Waals surface area contributed by atoms with Gasteiger partial charge in [0, 0.05) is 30.4 Å². The summed E-state index contributed by atoms with van der Waals surface area (Å²) >= 11 is 0. The van der Waals surface area contributed by atoms with Crippen LogP contribution in [0.25, 0.3) is 0 Å². The minimum atomic E-state index is -0.248. The minimum absolute atomic E-state index is 0.167. The molecule has 3 atom stereocenters. The number of halogens is 1. The van der Waals surface area contributed by atoms with Crippen molar-refractivity contribution in [1.82, 2.24) is 0 Å². The largest absolute Gasteiger partial charge is 0.371 e. The Morgan fingerprint density at radius 3 is 2.56 bits per heavy atom. The van der Waals surface area contributed by atoms with E-state index in [9.17, 15) is 4.39 Å². The number of hydrogen-bond acceptors (Lipinski definition) is 2. The summed E-state index contributed by atoms with van der Waals surface area (Å²) in [6, 6.07) is 5.08. The molecule has 0 bridgehead atoms. The van der Waals surface area contributed by atoms with E-state index in [4.69, 9.17) is 5.73 Å². The van der Waals surface area contributed by atoms with Gasteiger partial charge in [-0.25, -0.2) is 4.39 Å². The molecule has 1 heterocycles. The number of benzene rings is 1. The number of rotatable bonds is 2. The zero-order chi connectivity index (χ0) is 12.7. The van der Waals surface area contributed by atoms with Gasteiger partial charge in [0.25, 0.3) is 0 Å². The van der Waals surface area contributed by atoms with E-state index >= 15 is 0 Å². The second-order valence-corrected chi connectivity index (χ2v) is 5.82. The molecule has 0 aromatic heterocycles. The number of anilines is 1. The normalized spacial score (nSPS) is 28.5. The third-order valence-corrected chi connectivity index (χ3v) is 4.55. The Balaban J connectivity index is 1.91. The van der Waals surface area contributed by atoms with Crippen molar-refractivity contribution < 1.29 is 4.39 Å². The lowest BCUT2D eigenvalue weighted by Gasteiger charge is -2.24. The number of nitrogens with two attached hydrogens (primary N) is 1. The van der Waals surface area contributed by atoms with Crippen LogP contribution in [0.15, 0.2) is 18.2 Å². The molecule has 1 saturated carbocycles. The highest BCUT2D eigenvalue weighted by molar-refractivity contribution is 5.56. The molecule has 2 N–H and O–H groups in total. The van der Waals surface area contributed by atoms with Crippen LogP contribution >= 0.6 is 0 Å². The average molecular weight is 248 g/mol. The van der Waals surface area contributed by atoms with Gasteiger partial charge >= 0.3 is 0 Å². The lowest BCUT2D eigenvalue weighted by atomic mass is 10.0. The highest BCUT2D eigenvalue weighted by Crippen LogP contribution is 2.41. The third-order valence-electron chi connectivity index (χ3n) is 4.55. The monoisotopic (exact) mass is 248 g/mol. The Bertz CT molecular complexity index is 432. The Morgan fingerprint density at radius 2 is 1.94 bits per heavy atom. The summed E-state index contributed by atoms with van der Waals surface area (Å²) in [5.74, 6) is 1.46. The molecule has 1 aliphatic heterocycles. The van der Waals surface area contributed by atoms with Crippen molar-refractivity contribution in [3.05, 3.63) is 29.6 Å². The lowest BCUT2D eigenvalue weighted by Crippen LogP contribution is -2.24. The van der Waals surface area contributed by atoms with E-state index in [2.05, 4.69) is 4.90 Å². The molecule has 3 rings (SSSR count). The molecule has 1 aromatic rings. The van der Waals surface area contributed by atoms with Crippen molar-refractivity contribution in [2.75, 3.05) is 18.0 Å². The molecular formula is C15H21FN2. The van der Waals surface area contributed by atoms with Crippen molar-refractivity contribution in [2.24, 2.45) is 17.6 Å². The first-order valence-electron chi connectivity index (χ1n) is 6.95. The zero-order valence-corrected chi connectivity index (χ0v) is 10.9. The van der Waals surface area contributed by atoms with Gasteiger partial charge in [0.15, 0.2) is 0 Å². The van der Waals surface area contributed by atoms with Crippen LogP contribution in [0.2, 0.25) is 0 Å². The highest BCUT2D eigenvalue weighted by Gasteiger charge is 2.37. The van der Waals surface area contributed by atoms with E-state index < -0.39 is 0 Å². The first-order chi connectivity index (χ1) is 8.66. The van der Waals surface area contributed by atoms with Crippen LogP contribution in [-0.4, -0.2) is 13.1 Å². The molecule has 1 saturated heterocycles. The van der Waals surface area contributed by atoms with Gasteiger partial charge in [0.1, 0.15) is 5.82 Å². The molecule has 1 aromatic carbocycles. The first kappa shape index (κ1) is 12.0. The fraction of sp³-hybridized carbons (Fsp3) is 0.600. The van der Waals surface area contributed by atoms with Crippen LogP contribution in [0, 0.1) is 17.7 Å². The van der Waals surface area contributed by atoms with E-state index in [1.165, 1.54) is 25.3 Å². The minimum Gasteiger partial charge on any atom is -0.371 e. The van der Waals surface area contributed by atoms with Gasteiger partial charge in [0.2, 0.25) is 0 Å². The fourth-order valence-corrected chi connectivity index (χ4v) is 3.68. The predicted molar refractivity (Wildman–Crippen MR) is 72.0 cm³/mol. The van der Waals surface area contributed by atoms with Crippen molar-refractivity contribution in [3.8, 4) is 0 Å². The predicted octanol–water partition coefficient (Wildman–Crippen LogP) is 3.08. The summed E-state index contributed by atoms with van der Waals surface area (Å²) < 4.78 is 13.9. The van der Waals surface area contributed by atoms with Gasteiger partial charge in [-0.3, -0.25) is 0 Å². The summed E-state index contributed by atoms with van der Waals surface area (Å²) in [7, 11) is 0. The standard InChI is InChI=1S/C15H21FN2/c1-10(17)15-13(16)6-3-7-14(15)18-8-11-4-2-5-12(11)9-18/h3,6-7,10-12H,2,4-5,8-9,17H2,1H3/t10-,11?,12?/m0/s1. The summed E-state index contributed by atoms with van der Waals surface area (Å²) in [4.78, 5) is 2.34. The SMILES string of the molecule is C[C@H](N)c1c(F)cccc1N1CC2CCCC2C1. The molecule has 1 aliphatic carbocycles. The summed E-state index contributed by atoms with van der Waals surface area (Å²) in [5.41, 5.74) is 7.62. The summed E-state index contributed by atoms with van der Waals surface area (Å²) in [6.07, 6.45) is 4.04. The van der Waals surface area contributed by atoms with Crippen LogP contribution in [-0.2, 0) is 0 Å². The van der Waals surface area contributed by atoms with E-state index in [1.807, 2.05) is 13.0 Å². The maximum atomic E-state index is 13.9. The van der Waals surface area contributed by atoms with Crippen LogP contribution < -0.4 is 10.6 Å². The Labute approximate surface area is 108 Å². The fourth-order valence-electron chi connectivity index (χ4n) is 3.68. The molecule has 2 nitrogen and oxygen atoms in total. The van der Waals surface area contributed by atoms with E-state index in [1.54, 1.807) is 6.07 Å². The van der Waals surface area contributed by atoms with Crippen molar-refractivity contribution in [3.63, 3.8) is 0 Å². The average Bonchev–Trinajstić information content (AvgIpc) is 2.87. The summed E-state index contributed by atoms with van der Waals surface area (Å²) in [5, 5.41) is 0.